The van der Waals surface area contributed by atoms with Gasteiger partial charge in [0, 0.05) is 19.7 Å². The number of benzene rings is 2. The first-order valence-corrected chi connectivity index (χ1v) is 7.33. The number of ether oxygens (including phenoxy) is 1. The molecular formula is C18H16N2O4. The summed E-state index contributed by atoms with van der Waals surface area (Å²) in [5.41, 5.74) is 1.31. The topological polar surface area (TPSA) is 66.9 Å². The Balaban J connectivity index is 2.12. The van der Waals surface area contributed by atoms with Crippen molar-refractivity contribution in [2.45, 2.75) is 0 Å². The van der Waals surface area contributed by atoms with E-state index in [1.54, 1.807) is 50.5 Å². The smallest absolute Gasteiger partial charge is 0.266 e. The molecule has 0 saturated carbocycles. The Labute approximate surface area is 139 Å². The van der Waals surface area contributed by atoms with E-state index in [0.29, 0.717) is 22.4 Å². The highest BCUT2D eigenvalue weighted by atomic mass is 16.5. The van der Waals surface area contributed by atoms with E-state index in [1.165, 1.54) is 18.1 Å². The maximum absolute atomic E-state index is 12.6. The molecule has 0 N–H and O–H groups in total. The lowest BCUT2D eigenvalue weighted by molar-refractivity contribution is 0.0825. The van der Waals surface area contributed by atoms with Gasteiger partial charge in [0.1, 0.15) is 5.75 Å². The maximum atomic E-state index is 12.6. The van der Waals surface area contributed by atoms with Crippen LogP contribution in [0.3, 0.4) is 0 Å². The Morgan fingerprint density at radius 1 is 1.00 bits per heavy atom. The summed E-state index contributed by atoms with van der Waals surface area (Å²) in [7, 11) is 4.72. The summed E-state index contributed by atoms with van der Waals surface area (Å²) in [5, 5.41) is 0. The van der Waals surface area contributed by atoms with Crippen LogP contribution in [-0.4, -0.2) is 43.8 Å². The van der Waals surface area contributed by atoms with Gasteiger partial charge in [0.25, 0.3) is 17.7 Å². The van der Waals surface area contributed by atoms with Crippen molar-refractivity contribution in [1.82, 2.24) is 4.90 Å². The zero-order valence-electron chi connectivity index (χ0n) is 13.6. The SMILES string of the molecule is COc1ccc(C(=O)N(C)C)cc1N1C(=O)c2ccccc2C1=O. The normalized spacial score (nSPS) is 13.0. The molecule has 0 saturated heterocycles. The second-order valence-corrected chi connectivity index (χ2v) is 5.58. The van der Waals surface area contributed by atoms with Gasteiger partial charge in [-0.2, -0.15) is 0 Å². The molecule has 1 aliphatic rings. The second kappa shape index (κ2) is 5.81. The van der Waals surface area contributed by atoms with Crippen molar-refractivity contribution >= 4 is 23.4 Å². The number of carbonyl (C=O) groups excluding carboxylic acids is 3. The van der Waals surface area contributed by atoms with Crippen molar-refractivity contribution in [2.75, 3.05) is 26.1 Å². The van der Waals surface area contributed by atoms with Crippen LogP contribution < -0.4 is 9.64 Å². The highest BCUT2D eigenvalue weighted by Crippen LogP contribution is 2.35. The van der Waals surface area contributed by atoms with Crippen LogP contribution in [-0.2, 0) is 0 Å². The van der Waals surface area contributed by atoms with E-state index in [9.17, 15) is 14.4 Å². The quantitative estimate of drug-likeness (QED) is 0.812. The van der Waals surface area contributed by atoms with Crippen molar-refractivity contribution in [3.63, 3.8) is 0 Å². The lowest BCUT2D eigenvalue weighted by atomic mass is 10.1. The lowest BCUT2D eigenvalue weighted by Crippen LogP contribution is -2.30. The number of anilines is 1. The van der Waals surface area contributed by atoms with Gasteiger partial charge in [0.05, 0.1) is 23.9 Å². The predicted molar refractivity (Wildman–Crippen MR) is 88.6 cm³/mol. The molecule has 0 spiro atoms. The summed E-state index contributed by atoms with van der Waals surface area (Å²) >= 11 is 0. The fourth-order valence-corrected chi connectivity index (χ4v) is 2.66. The molecule has 1 heterocycles. The Kier molecular flexibility index (Phi) is 3.81. The zero-order valence-corrected chi connectivity index (χ0v) is 13.6. The van der Waals surface area contributed by atoms with E-state index in [2.05, 4.69) is 0 Å². The number of methoxy groups -OCH3 is 1. The minimum Gasteiger partial charge on any atom is -0.495 e. The van der Waals surface area contributed by atoms with Gasteiger partial charge in [-0.1, -0.05) is 12.1 Å². The Bertz CT molecular complexity index is 823. The van der Waals surface area contributed by atoms with E-state index in [0.717, 1.165) is 4.90 Å². The first-order chi connectivity index (χ1) is 11.5. The largest absolute Gasteiger partial charge is 0.495 e. The number of imide groups is 1. The first-order valence-electron chi connectivity index (χ1n) is 7.33. The van der Waals surface area contributed by atoms with Crippen LogP contribution in [0.5, 0.6) is 5.75 Å². The van der Waals surface area contributed by atoms with Gasteiger partial charge in [0.2, 0.25) is 0 Å². The van der Waals surface area contributed by atoms with Gasteiger partial charge < -0.3 is 9.64 Å². The lowest BCUT2D eigenvalue weighted by Gasteiger charge is -2.19. The predicted octanol–water partition coefficient (Wildman–Crippen LogP) is 2.20. The molecule has 0 fully saturated rings. The first kappa shape index (κ1) is 15.7. The molecule has 3 amide bonds. The average molecular weight is 324 g/mol. The monoisotopic (exact) mass is 324 g/mol. The van der Waals surface area contributed by atoms with Crippen LogP contribution in [0.15, 0.2) is 42.5 Å². The number of fused-ring (bicyclic) bond motifs is 1. The van der Waals surface area contributed by atoms with Crippen molar-refractivity contribution in [3.05, 3.63) is 59.2 Å². The number of nitrogens with zero attached hydrogens (tertiary/aromatic N) is 2. The Hall–Kier alpha value is -3.15. The van der Waals surface area contributed by atoms with Gasteiger partial charge in [-0.3, -0.25) is 14.4 Å². The summed E-state index contributed by atoms with van der Waals surface area (Å²) in [6, 6.07) is 11.3. The van der Waals surface area contributed by atoms with E-state index >= 15 is 0 Å². The molecule has 2 aromatic rings. The van der Waals surface area contributed by atoms with Crippen LogP contribution in [0.1, 0.15) is 31.1 Å². The van der Waals surface area contributed by atoms with Crippen LogP contribution >= 0.6 is 0 Å². The van der Waals surface area contributed by atoms with Crippen molar-refractivity contribution in [1.29, 1.82) is 0 Å². The molecule has 6 heteroatoms. The van der Waals surface area contributed by atoms with Crippen LogP contribution in [0, 0.1) is 0 Å². The average Bonchev–Trinajstić information content (AvgIpc) is 2.85. The van der Waals surface area contributed by atoms with Crippen molar-refractivity contribution < 1.29 is 19.1 Å². The number of rotatable bonds is 3. The maximum Gasteiger partial charge on any atom is 0.266 e. The van der Waals surface area contributed by atoms with E-state index in [-0.39, 0.29) is 11.6 Å². The van der Waals surface area contributed by atoms with Crippen molar-refractivity contribution in [3.8, 4) is 5.75 Å². The molecule has 0 bridgehead atoms. The summed E-state index contributed by atoms with van der Waals surface area (Å²) in [4.78, 5) is 40.0. The van der Waals surface area contributed by atoms with E-state index in [4.69, 9.17) is 4.74 Å². The summed E-state index contributed by atoms with van der Waals surface area (Å²) in [5.74, 6) is -0.734. The minimum absolute atomic E-state index is 0.226. The number of amides is 3. The Morgan fingerprint density at radius 3 is 2.08 bits per heavy atom. The summed E-state index contributed by atoms with van der Waals surface area (Å²) < 4.78 is 5.28. The third kappa shape index (κ3) is 2.32. The molecule has 2 aromatic carbocycles. The zero-order chi connectivity index (χ0) is 17.4. The molecule has 0 unspecified atom stereocenters. The van der Waals surface area contributed by atoms with E-state index in [1.807, 2.05) is 0 Å². The molecule has 24 heavy (non-hydrogen) atoms. The summed E-state index contributed by atoms with van der Waals surface area (Å²) in [6.07, 6.45) is 0. The fraction of sp³-hybridized carbons (Fsp3) is 0.167. The van der Waals surface area contributed by atoms with Gasteiger partial charge in [-0.25, -0.2) is 4.90 Å². The number of carbonyl (C=O) groups is 3. The molecule has 0 aliphatic carbocycles. The van der Waals surface area contributed by atoms with Gasteiger partial charge in [-0.05, 0) is 30.3 Å². The van der Waals surface area contributed by atoms with Crippen LogP contribution in [0.2, 0.25) is 0 Å². The van der Waals surface area contributed by atoms with Gasteiger partial charge in [0.15, 0.2) is 0 Å². The fourth-order valence-electron chi connectivity index (χ4n) is 2.66. The number of hydrogen-bond donors (Lipinski definition) is 0. The highest BCUT2D eigenvalue weighted by molar-refractivity contribution is 6.35. The molecule has 0 aromatic heterocycles. The third-order valence-electron chi connectivity index (χ3n) is 3.87. The molecule has 0 radical (unpaired) electrons. The molecule has 122 valence electrons. The molecule has 1 aliphatic heterocycles. The molecular weight excluding hydrogens is 308 g/mol. The van der Waals surface area contributed by atoms with Crippen molar-refractivity contribution in [2.24, 2.45) is 0 Å². The Morgan fingerprint density at radius 2 is 1.58 bits per heavy atom. The van der Waals surface area contributed by atoms with Gasteiger partial charge in [-0.15, -0.1) is 0 Å². The second-order valence-electron chi connectivity index (χ2n) is 5.58. The van der Waals surface area contributed by atoms with E-state index < -0.39 is 11.8 Å². The van der Waals surface area contributed by atoms with Crippen LogP contribution in [0.4, 0.5) is 5.69 Å². The van der Waals surface area contributed by atoms with Gasteiger partial charge >= 0.3 is 0 Å². The molecule has 3 rings (SSSR count). The molecule has 0 atom stereocenters. The van der Waals surface area contributed by atoms with Crippen LogP contribution in [0.25, 0.3) is 0 Å². The standard InChI is InChI=1S/C18H16N2O4/c1-19(2)16(21)11-8-9-15(24-3)14(10-11)20-17(22)12-6-4-5-7-13(12)18(20)23/h4-10H,1-3H3. The highest BCUT2D eigenvalue weighted by Gasteiger charge is 2.38. The minimum atomic E-state index is -0.427. The number of hydrogen-bond acceptors (Lipinski definition) is 4. The third-order valence-corrected chi connectivity index (χ3v) is 3.87. The molecule has 6 nitrogen and oxygen atoms in total. The summed E-state index contributed by atoms with van der Waals surface area (Å²) in [6.45, 7) is 0.